The fraction of sp³-hybridized carbons (Fsp3) is 0.462. The van der Waals surface area contributed by atoms with Crippen LogP contribution in [0.5, 0.6) is 0 Å². The lowest BCUT2D eigenvalue weighted by molar-refractivity contribution is 0.0461. The summed E-state index contributed by atoms with van der Waals surface area (Å²) in [6.45, 7) is 2.77. The molecular formula is C13H14ClFO2. The highest BCUT2D eigenvalue weighted by atomic mass is 35.5. The number of rotatable bonds is 2. The van der Waals surface area contributed by atoms with Gasteiger partial charge in [0.05, 0.1) is 11.6 Å². The molecule has 1 saturated heterocycles. The molecule has 1 aromatic carbocycles. The zero-order valence-corrected chi connectivity index (χ0v) is 10.4. The Morgan fingerprint density at radius 3 is 2.94 bits per heavy atom. The van der Waals surface area contributed by atoms with Crippen molar-refractivity contribution in [3.63, 3.8) is 0 Å². The topological polar surface area (TPSA) is 26.3 Å². The van der Waals surface area contributed by atoms with Gasteiger partial charge in [-0.3, -0.25) is 4.79 Å². The van der Waals surface area contributed by atoms with Crippen molar-refractivity contribution in [3.05, 3.63) is 34.1 Å². The molecule has 0 bridgehead atoms. The minimum Gasteiger partial charge on any atom is -0.381 e. The number of hydrogen-bond donors (Lipinski definition) is 0. The highest BCUT2D eigenvalue weighted by Crippen LogP contribution is 2.26. The Morgan fingerprint density at radius 2 is 2.29 bits per heavy atom. The van der Waals surface area contributed by atoms with Crippen molar-refractivity contribution in [2.75, 3.05) is 13.2 Å². The van der Waals surface area contributed by atoms with E-state index in [1.165, 1.54) is 12.1 Å². The maximum absolute atomic E-state index is 13.2. The lowest BCUT2D eigenvalue weighted by Crippen LogP contribution is -2.25. The summed E-state index contributed by atoms with van der Waals surface area (Å²) < 4.78 is 18.5. The van der Waals surface area contributed by atoms with E-state index in [4.69, 9.17) is 16.3 Å². The van der Waals surface area contributed by atoms with Crippen molar-refractivity contribution < 1.29 is 13.9 Å². The van der Waals surface area contributed by atoms with Crippen LogP contribution in [0.3, 0.4) is 0 Å². The largest absolute Gasteiger partial charge is 0.381 e. The van der Waals surface area contributed by atoms with Gasteiger partial charge in [-0.1, -0.05) is 11.6 Å². The molecule has 0 amide bonds. The van der Waals surface area contributed by atoms with Gasteiger partial charge in [0.25, 0.3) is 0 Å². The molecule has 0 spiro atoms. The number of Topliss-reactive ketones (excluding diaryl/α,β-unsaturated/α-hetero) is 1. The molecule has 1 heterocycles. The molecule has 1 atom stereocenters. The summed E-state index contributed by atoms with van der Waals surface area (Å²) >= 11 is 5.91. The Bertz CT molecular complexity index is 439. The van der Waals surface area contributed by atoms with E-state index in [1.807, 2.05) is 0 Å². The second-order valence-corrected chi connectivity index (χ2v) is 4.77. The molecule has 92 valence electrons. The average molecular weight is 257 g/mol. The number of benzene rings is 1. The van der Waals surface area contributed by atoms with Crippen LogP contribution in [-0.4, -0.2) is 19.0 Å². The average Bonchev–Trinajstić information content (AvgIpc) is 2.34. The van der Waals surface area contributed by atoms with Gasteiger partial charge in [-0.05, 0) is 37.5 Å². The van der Waals surface area contributed by atoms with Crippen molar-refractivity contribution in [3.8, 4) is 0 Å². The zero-order chi connectivity index (χ0) is 12.4. The van der Waals surface area contributed by atoms with Crippen LogP contribution in [0.15, 0.2) is 12.1 Å². The number of ether oxygens (including phenoxy) is 1. The zero-order valence-electron chi connectivity index (χ0n) is 9.63. The first-order valence-electron chi connectivity index (χ1n) is 5.67. The molecular weight excluding hydrogens is 243 g/mol. The highest BCUT2D eigenvalue weighted by Gasteiger charge is 2.25. The van der Waals surface area contributed by atoms with Gasteiger partial charge in [0, 0.05) is 18.1 Å². The first-order valence-corrected chi connectivity index (χ1v) is 6.05. The predicted octanol–water partition coefficient (Wildman–Crippen LogP) is 3.40. The first-order chi connectivity index (χ1) is 8.09. The number of ketones is 1. The molecule has 17 heavy (non-hydrogen) atoms. The Labute approximate surface area is 105 Å². The maximum Gasteiger partial charge on any atom is 0.169 e. The van der Waals surface area contributed by atoms with Crippen LogP contribution in [0, 0.1) is 18.7 Å². The predicted molar refractivity (Wildman–Crippen MR) is 64.0 cm³/mol. The molecule has 0 N–H and O–H groups in total. The van der Waals surface area contributed by atoms with Crippen molar-refractivity contribution >= 4 is 17.4 Å². The Morgan fingerprint density at radius 1 is 1.53 bits per heavy atom. The van der Waals surface area contributed by atoms with Crippen molar-refractivity contribution in [2.45, 2.75) is 19.8 Å². The summed E-state index contributed by atoms with van der Waals surface area (Å²) in [6.07, 6.45) is 1.69. The molecule has 1 aliphatic heterocycles. The molecule has 1 unspecified atom stereocenters. The van der Waals surface area contributed by atoms with Crippen LogP contribution in [-0.2, 0) is 4.74 Å². The normalized spacial score (nSPS) is 20.3. The van der Waals surface area contributed by atoms with Crippen LogP contribution in [0.4, 0.5) is 4.39 Å². The van der Waals surface area contributed by atoms with E-state index in [0.29, 0.717) is 24.3 Å². The SMILES string of the molecule is Cc1cc(C(=O)C2CCCOC2)c(Cl)cc1F. The Hall–Kier alpha value is -0.930. The van der Waals surface area contributed by atoms with Crippen LogP contribution in [0.25, 0.3) is 0 Å². The van der Waals surface area contributed by atoms with E-state index in [0.717, 1.165) is 12.8 Å². The van der Waals surface area contributed by atoms with E-state index in [2.05, 4.69) is 0 Å². The van der Waals surface area contributed by atoms with Crippen LogP contribution < -0.4 is 0 Å². The molecule has 0 aliphatic carbocycles. The third kappa shape index (κ3) is 2.67. The summed E-state index contributed by atoms with van der Waals surface area (Å²) in [5.74, 6) is -0.574. The minimum atomic E-state index is -0.383. The minimum absolute atomic E-state index is 0.0437. The Kier molecular flexibility index (Phi) is 3.79. The third-order valence-electron chi connectivity index (χ3n) is 3.04. The van der Waals surface area contributed by atoms with Gasteiger partial charge in [-0.2, -0.15) is 0 Å². The fourth-order valence-electron chi connectivity index (χ4n) is 2.01. The summed E-state index contributed by atoms with van der Waals surface area (Å²) in [5, 5.41) is 0.184. The van der Waals surface area contributed by atoms with Crippen LogP contribution in [0.1, 0.15) is 28.8 Å². The molecule has 0 aromatic heterocycles. The number of carbonyl (C=O) groups excluding carboxylic acids is 1. The van der Waals surface area contributed by atoms with Gasteiger partial charge in [0.15, 0.2) is 5.78 Å². The lowest BCUT2D eigenvalue weighted by atomic mass is 9.92. The van der Waals surface area contributed by atoms with Gasteiger partial charge in [-0.25, -0.2) is 4.39 Å². The van der Waals surface area contributed by atoms with E-state index >= 15 is 0 Å². The summed E-state index contributed by atoms with van der Waals surface area (Å²) in [7, 11) is 0. The molecule has 0 radical (unpaired) electrons. The maximum atomic E-state index is 13.2. The second-order valence-electron chi connectivity index (χ2n) is 4.36. The van der Waals surface area contributed by atoms with Crippen molar-refractivity contribution in [1.82, 2.24) is 0 Å². The molecule has 0 saturated carbocycles. The fourth-order valence-corrected chi connectivity index (χ4v) is 2.26. The number of carbonyl (C=O) groups is 1. The van der Waals surface area contributed by atoms with Crippen molar-refractivity contribution in [1.29, 1.82) is 0 Å². The highest BCUT2D eigenvalue weighted by molar-refractivity contribution is 6.34. The van der Waals surface area contributed by atoms with Crippen LogP contribution in [0.2, 0.25) is 5.02 Å². The molecule has 2 nitrogen and oxygen atoms in total. The van der Waals surface area contributed by atoms with Crippen molar-refractivity contribution in [2.24, 2.45) is 5.92 Å². The molecule has 2 rings (SSSR count). The van der Waals surface area contributed by atoms with E-state index in [9.17, 15) is 9.18 Å². The van der Waals surface area contributed by atoms with E-state index < -0.39 is 0 Å². The lowest BCUT2D eigenvalue weighted by Gasteiger charge is -2.21. The first kappa shape index (κ1) is 12.5. The summed E-state index contributed by atoms with van der Waals surface area (Å²) in [4.78, 5) is 12.2. The smallest absolute Gasteiger partial charge is 0.169 e. The van der Waals surface area contributed by atoms with Gasteiger partial charge in [0.2, 0.25) is 0 Å². The van der Waals surface area contributed by atoms with Gasteiger partial charge >= 0.3 is 0 Å². The second kappa shape index (κ2) is 5.15. The van der Waals surface area contributed by atoms with E-state index in [1.54, 1.807) is 6.92 Å². The molecule has 1 aromatic rings. The monoisotopic (exact) mass is 256 g/mol. The third-order valence-corrected chi connectivity index (χ3v) is 3.36. The Balaban J connectivity index is 2.26. The van der Waals surface area contributed by atoms with E-state index in [-0.39, 0.29) is 22.5 Å². The number of hydrogen-bond acceptors (Lipinski definition) is 2. The standard InChI is InChI=1S/C13H14ClFO2/c1-8-5-10(11(14)6-12(8)15)13(16)9-3-2-4-17-7-9/h5-6,9H,2-4,7H2,1H3. The quantitative estimate of drug-likeness (QED) is 0.758. The van der Waals surface area contributed by atoms with Gasteiger partial charge < -0.3 is 4.74 Å². The van der Waals surface area contributed by atoms with Gasteiger partial charge in [-0.15, -0.1) is 0 Å². The number of halogens is 2. The molecule has 4 heteroatoms. The summed E-state index contributed by atoms with van der Waals surface area (Å²) in [5.41, 5.74) is 0.843. The number of aryl methyl sites for hydroxylation is 1. The molecule has 1 aliphatic rings. The molecule has 1 fully saturated rings. The van der Waals surface area contributed by atoms with Gasteiger partial charge in [0.1, 0.15) is 5.82 Å². The summed E-state index contributed by atoms with van der Waals surface area (Å²) in [6, 6.07) is 2.72. The van der Waals surface area contributed by atoms with Crippen LogP contribution >= 0.6 is 11.6 Å².